The minimum absolute atomic E-state index is 0.115. The molecule has 3 heterocycles. The van der Waals surface area contributed by atoms with Gasteiger partial charge in [0.25, 0.3) is 0 Å². The molecule has 2 aliphatic rings. The highest BCUT2D eigenvalue weighted by molar-refractivity contribution is 5.79. The van der Waals surface area contributed by atoms with Crippen LogP contribution < -0.4 is 4.90 Å². The molecule has 1 aromatic rings. The van der Waals surface area contributed by atoms with E-state index in [-0.39, 0.29) is 11.7 Å². The monoisotopic (exact) mass is 291 g/mol. The summed E-state index contributed by atoms with van der Waals surface area (Å²) >= 11 is 0. The molecule has 0 saturated carbocycles. The van der Waals surface area contributed by atoms with Crippen molar-refractivity contribution in [2.75, 3.05) is 31.1 Å². The van der Waals surface area contributed by atoms with Gasteiger partial charge in [-0.1, -0.05) is 0 Å². The lowest BCUT2D eigenvalue weighted by molar-refractivity contribution is -0.137. The van der Waals surface area contributed by atoms with Gasteiger partial charge < -0.3 is 9.80 Å². The summed E-state index contributed by atoms with van der Waals surface area (Å²) in [6.07, 6.45) is 8.00. The van der Waals surface area contributed by atoms with E-state index in [1.165, 1.54) is 12.6 Å². The fourth-order valence-electron chi connectivity index (χ4n) is 3.36. The Morgan fingerprint density at radius 1 is 1.14 bits per heavy atom. The molecule has 2 aliphatic heterocycles. The topological polar surface area (TPSA) is 36.4 Å². The van der Waals surface area contributed by atoms with Crippen LogP contribution in [0.25, 0.3) is 0 Å². The number of hydrogen-bond acceptors (Lipinski definition) is 3. The summed E-state index contributed by atoms with van der Waals surface area (Å²) in [5.74, 6) is 0.145. The van der Waals surface area contributed by atoms with Crippen LogP contribution in [0.3, 0.4) is 0 Å². The van der Waals surface area contributed by atoms with Crippen molar-refractivity contribution in [3.8, 4) is 0 Å². The second kappa shape index (κ2) is 6.41. The Morgan fingerprint density at radius 2 is 1.86 bits per heavy atom. The van der Waals surface area contributed by atoms with Gasteiger partial charge in [-0.25, -0.2) is 4.39 Å². The van der Waals surface area contributed by atoms with Gasteiger partial charge in [0.2, 0.25) is 5.91 Å². The van der Waals surface area contributed by atoms with Crippen LogP contribution in [0.5, 0.6) is 0 Å². The third-order valence-electron chi connectivity index (χ3n) is 4.60. The second-order valence-electron chi connectivity index (χ2n) is 5.97. The first-order chi connectivity index (χ1) is 10.3. The van der Waals surface area contributed by atoms with Crippen molar-refractivity contribution in [3.05, 3.63) is 24.3 Å². The Hall–Kier alpha value is -1.65. The van der Waals surface area contributed by atoms with E-state index in [1.807, 2.05) is 9.80 Å². The largest absolute Gasteiger partial charge is 0.369 e. The van der Waals surface area contributed by atoms with E-state index in [0.717, 1.165) is 51.9 Å². The van der Waals surface area contributed by atoms with E-state index in [9.17, 15) is 9.18 Å². The fraction of sp³-hybridized carbons (Fsp3) is 0.625. The molecule has 5 heteroatoms. The molecule has 0 spiro atoms. The van der Waals surface area contributed by atoms with Crippen LogP contribution in [0.15, 0.2) is 18.5 Å². The summed E-state index contributed by atoms with van der Waals surface area (Å²) in [6.45, 7) is 3.31. The molecule has 3 rings (SSSR count). The lowest BCUT2D eigenvalue weighted by Gasteiger charge is -2.36. The third kappa shape index (κ3) is 3.17. The number of hydrogen-bond donors (Lipinski definition) is 0. The van der Waals surface area contributed by atoms with Gasteiger partial charge in [-0.15, -0.1) is 0 Å². The van der Waals surface area contributed by atoms with Gasteiger partial charge in [0.1, 0.15) is 0 Å². The molecule has 1 aromatic heterocycles. The van der Waals surface area contributed by atoms with Gasteiger partial charge in [-0.05, 0) is 38.2 Å². The van der Waals surface area contributed by atoms with Crippen molar-refractivity contribution in [1.82, 2.24) is 9.88 Å². The van der Waals surface area contributed by atoms with Gasteiger partial charge in [-0.2, -0.15) is 0 Å². The van der Waals surface area contributed by atoms with Gasteiger partial charge in [0, 0.05) is 38.3 Å². The molecule has 0 aliphatic carbocycles. The Kier molecular flexibility index (Phi) is 4.36. The van der Waals surface area contributed by atoms with Crippen molar-refractivity contribution >= 4 is 11.6 Å². The van der Waals surface area contributed by atoms with Crippen molar-refractivity contribution in [3.63, 3.8) is 0 Å². The predicted octanol–water partition coefficient (Wildman–Crippen LogP) is 2.45. The Morgan fingerprint density at radius 3 is 2.52 bits per heavy atom. The fourth-order valence-corrected chi connectivity index (χ4v) is 3.36. The number of nitrogens with zero attached hydrogens (tertiary/aromatic N) is 3. The van der Waals surface area contributed by atoms with Crippen LogP contribution in [0.2, 0.25) is 0 Å². The number of amides is 1. The highest BCUT2D eigenvalue weighted by Crippen LogP contribution is 2.26. The number of rotatable bonds is 2. The predicted molar refractivity (Wildman–Crippen MR) is 79.6 cm³/mol. The molecule has 2 fully saturated rings. The van der Waals surface area contributed by atoms with E-state index in [4.69, 9.17) is 0 Å². The first kappa shape index (κ1) is 14.3. The maximum Gasteiger partial charge on any atom is 0.225 e. The van der Waals surface area contributed by atoms with Crippen LogP contribution in [0.4, 0.5) is 10.1 Å². The number of likely N-dealkylation sites (tertiary alicyclic amines) is 1. The number of anilines is 1. The van der Waals surface area contributed by atoms with Crippen molar-refractivity contribution in [2.45, 2.75) is 32.1 Å². The van der Waals surface area contributed by atoms with Crippen LogP contribution in [0.1, 0.15) is 32.1 Å². The quantitative estimate of drug-likeness (QED) is 0.840. The number of aromatic nitrogens is 1. The second-order valence-corrected chi connectivity index (χ2v) is 5.97. The SMILES string of the molecule is O=C(C1CCN(c2ccncc2F)CC1)N1CCCCC1. The summed E-state index contributed by atoms with van der Waals surface area (Å²) in [5.41, 5.74) is 0.605. The van der Waals surface area contributed by atoms with Gasteiger partial charge in [0.05, 0.1) is 11.9 Å². The summed E-state index contributed by atoms with van der Waals surface area (Å²) in [7, 11) is 0. The number of carbonyl (C=O) groups is 1. The maximum atomic E-state index is 13.7. The molecule has 0 bridgehead atoms. The zero-order valence-corrected chi connectivity index (χ0v) is 12.3. The molecular weight excluding hydrogens is 269 g/mol. The minimum atomic E-state index is -0.279. The summed E-state index contributed by atoms with van der Waals surface area (Å²) in [6, 6.07) is 1.71. The number of carbonyl (C=O) groups excluding carboxylic acids is 1. The molecule has 1 amide bonds. The average Bonchev–Trinajstić information content (AvgIpc) is 2.56. The van der Waals surface area contributed by atoms with Crippen molar-refractivity contribution in [2.24, 2.45) is 5.92 Å². The summed E-state index contributed by atoms with van der Waals surface area (Å²) in [5, 5.41) is 0. The normalized spacial score (nSPS) is 20.6. The summed E-state index contributed by atoms with van der Waals surface area (Å²) in [4.78, 5) is 20.3. The molecule has 21 heavy (non-hydrogen) atoms. The summed E-state index contributed by atoms with van der Waals surface area (Å²) < 4.78 is 13.7. The van der Waals surface area contributed by atoms with Crippen LogP contribution in [-0.2, 0) is 4.79 Å². The highest BCUT2D eigenvalue weighted by Gasteiger charge is 2.29. The minimum Gasteiger partial charge on any atom is -0.369 e. The first-order valence-electron chi connectivity index (χ1n) is 7.89. The van der Waals surface area contributed by atoms with Gasteiger partial charge in [-0.3, -0.25) is 9.78 Å². The standard InChI is InChI=1S/C16H22FN3O/c17-14-12-18-7-4-15(14)19-10-5-13(6-11-19)16(21)20-8-2-1-3-9-20/h4,7,12-13H,1-3,5-6,8-11H2. The molecule has 114 valence electrons. The number of piperidine rings is 2. The Bertz CT molecular complexity index is 494. The Balaban J connectivity index is 1.57. The van der Waals surface area contributed by atoms with E-state index in [1.54, 1.807) is 12.3 Å². The molecule has 0 aromatic carbocycles. The molecule has 0 unspecified atom stereocenters. The zero-order chi connectivity index (χ0) is 14.7. The van der Waals surface area contributed by atoms with E-state index in [2.05, 4.69) is 4.98 Å². The molecule has 0 atom stereocenters. The first-order valence-corrected chi connectivity index (χ1v) is 7.89. The smallest absolute Gasteiger partial charge is 0.225 e. The Labute approximate surface area is 125 Å². The van der Waals surface area contributed by atoms with Gasteiger partial charge >= 0.3 is 0 Å². The van der Waals surface area contributed by atoms with Crippen LogP contribution in [0, 0.1) is 11.7 Å². The van der Waals surface area contributed by atoms with Crippen LogP contribution in [-0.4, -0.2) is 42.0 Å². The zero-order valence-electron chi connectivity index (χ0n) is 12.3. The van der Waals surface area contributed by atoms with Crippen molar-refractivity contribution in [1.29, 1.82) is 0 Å². The van der Waals surface area contributed by atoms with E-state index >= 15 is 0 Å². The maximum absolute atomic E-state index is 13.7. The molecular formula is C16H22FN3O. The lowest BCUT2D eigenvalue weighted by Crippen LogP contribution is -2.44. The molecule has 2 saturated heterocycles. The highest BCUT2D eigenvalue weighted by atomic mass is 19.1. The molecule has 4 nitrogen and oxygen atoms in total. The van der Waals surface area contributed by atoms with E-state index in [0.29, 0.717) is 11.6 Å². The number of pyridine rings is 1. The lowest BCUT2D eigenvalue weighted by atomic mass is 9.94. The molecule has 0 radical (unpaired) electrons. The van der Waals surface area contributed by atoms with Gasteiger partial charge in [0.15, 0.2) is 5.82 Å². The average molecular weight is 291 g/mol. The molecule has 0 N–H and O–H groups in total. The van der Waals surface area contributed by atoms with E-state index < -0.39 is 0 Å². The third-order valence-corrected chi connectivity index (χ3v) is 4.60. The van der Waals surface area contributed by atoms with Crippen LogP contribution >= 0.6 is 0 Å². The number of halogens is 1. The van der Waals surface area contributed by atoms with Crippen molar-refractivity contribution < 1.29 is 9.18 Å².